The third-order valence-corrected chi connectivity index (χ3v) is 6.07. The number of aromatic hydroxyl groups is 1. The number of phenolic OH excluding ortho intramolecular Hbond substituents is 1. The van der Waals surface area contributed by atoms with Crippen LogP contribution in [0.15, 0.2) is 18.2 Å². The van der Waals surface area contributed by atoms with Gasteiger partial charge in [-0.2, -0.15) is 0 Å². The lowest BCUT2D eigenvalue weighted by molar-refractivity contribution is 0.0962. The van der Waals surface area contributed by atoms with Crippen LogP contribution in [0.2, 0.25) is 0 Å². The van der Waals surface area contributed by atoms with Crippen LogP contribution >= 0.6 is 0 Å². The fourth-order valence-electron chi connectivity index (χ4n) is 4.27. The lowest BCUT2D eigenvalue weighted by Gasteiger charge is -2.28. The molecule has 0 bridgehead atoms. The van der Waals surface area contributed by atoms with Crippen LogP contribution in [0.3, 0.4) is 0 Å². The van der Waals surface area contributed by atoms with Crippen molar-refractivity contribution in [1.29, 1.82) is 5.41 Å². The maximum absolute atomic E-state index is 15.2. The first-order valence-electron chi connectivity index (χ1n) is 11.5. The monoisotopic (exact) mass is 470 g/mol. The molecule has 0 amide bonds. The highest BCUT2D eigenvalue weighted by Gasteiger charge is 2.34. The van der Waals surface area contributed by atoms with Crippen molar-refractivity contribution in [2.24, 2.45) is 0 Å². The number of methoxy groups -OCH3 is 1. The van der Waals surface area contributed by atoms with E-state index in [9.17, 15) is 9.90 Å². The van der Waals surface area contributed by atoms with E-state index in [1.54, 1.807) is 30.0 Å². The van der Waals surface area contributed by atoms with E-state index in [-0.39, 0.29) is 58.4 Å². The van der Waals surface area contributed by atoms with Crippen LogP contribution in [-0.4, -0.2) is 41.9 Å². The van der Waals surface area contributed by atoms with Gasteiger partial charge in [0.2, 0.25) is 0 Å². The number of amidine groups is 1. The number of benzene rings is 2. The number of ketones is 1. The molecule has 1 heterocycles. The van der Waals surface area contributed by atoms with Crippen molar-refractivity contribution >= 4 is 11.6 Å². The molecule has 0 fully saturated rings. The molecule has 2 aromatic rings. The Hall–Kier alpha value is -3.09. The summed E-state index contributed by atoms with van der Waals surface area (Å²) in [5.74, 6) is -0.473. The number of hydrogen-bond acceptors (Lipinski definition) is 5. The Labute approximate surface area is 201 Å². The number of hydrogen-bond donors (Lipinski definition) is 2. The van der Waals surface area contributed by atoms with E-state index in [0.717, 1.165) is 0 Å². The fourth-order valence-corrected chi connectivity index (χ4v) is 4.27. The summed E-state index contributed by atoms with van der Waals surface area (Å²) in [6, 6.07) is 5.14. The normalized spacial score (nSPS) is 13.8. The SMILES string of the molecule is CCOc1cc2c(c(F)c1OC)C(=N)N(CC(=O)c1cc(C(C)(C)C)c(O)c(C(C)(C)C)c1)C2. The molecule has 0 aliphatic carbocycles. The number of carbonyl (C=O) groups is 1. The summed E-state index contributed by atoms with van der Waals surface area (Å²) in [6.07, 6.45) is 0. The number of Topliss-reactive ketones (excluding diaryl/α,β-unsaturated/α-hetero) is 1. The molecule has 34 heavy (non-hydrogen) atoms. The quantitative estimate of drug-likeness (QED) is 0.540. The molecule has 6 nitrogen and oxygen atoms in total. The van der Waals surface area contributed by atoms with Crippen LogP contribution in [0.1, 0.15) is 81.1 Å². The van der Waals surface area contributed by atoms with Gasteiger partial charge in [-0.15, -0.1) is 0 Å². The van der Waals surface area contributed by atoms with Gasteiger partial charge in [-0.3, -0.25) is 10.2 Å². The lowest BCUT2D eigenvalue weighted by Crippen LogP contribution is -2.31. The van der Waals surface area contributed by atoms with E-state index in [0.29, 0.717) is 28.9 Å². The van der Waals surface area contributed by atoms with Crippen molar-refractivity contribution in [3.05, 3.63) is 51.8 Å². The Morgan fingerprint density at radius 1 is 1.12 bits per heavy atom. The average Bonchev–Trinajstić information content (AvgIpc) is 3.02. The summed E-state index contributed by atoms with van der Waals surface area (Å²) in [6.45, 7) is 14.2. The first-order valence-corrected chi connectivity index (χ1v) is 11.5. The van der Waals surface area contributed by atoms with Crippen LogP contribution < -0.4 is 9.47 Å². The summed E-state index contributed by atoms with van der Waals surface area (Å²) in [7, 11) is 1.36. The standard InChI is InChI=1S/C27H35FN2O4/c1-9-34-20-12-16-13-30(25(29)21(16)22(28)24(20)33-8)14-19(31)15-10-17(26(2,3)4)23(32)18(11-15)27(5,6)7/h10-12,29,32H,9,13-14H2,1-8H3. The van der Waals surface area contributed by atoms with Crippen molar-refractivity contribution in [1.82, 2.24) is 4.90 Å². The maximum atomic E-state index is 15.2. The maximum Gasteiger partial charge on any atom is 0.197 e. The van der Waals surface area contributed by atoms with Crippen molar-refractivity contribution < 1.29 is 23.8 Å². The zero-order chi connectivity index (χ0) is 25.6. The molecule has 1 aliphatic heterocycles. The topological polar surface area (TPSA) is 82.9 Å². The van der Waals surface area contributed by atoms with Gasteiger partial charge in [-0.25, -0.2) is 4.39 Å². The second-order valence-corrected chi connectivity index (χ2v) is 10.7. The molecule has 0 saturated carbocycles. The number of phenols is 1. The number of ether oxygens (including phenoxy) is 2. The van der Waals surface area contributed by atoms with Gasteiger partial charge in [0.25, 0.3) is 0 Å². The van der Waals surface area contributed by atoms with E-state index in [2.05, 4.69) is 0 Å². The van der Waals surface area contributed by atoms with Gasteiger partial charge in [0.15, 0.2) is 23.1 Å². The number of nitrogens with zero attached hydrogens (tertiary/aromatic N) is 1. The Bertz CT molecular complexity index is 1110. The molecule has 2 aromatic carbocycles. The highest BCUT2D eigenvalue weighted by Crippen LogP contribution is 2.41. The fraction of sp³-hybridized carbons (Fsp3) is 0.481. The molecule has 0 saturated heterocycles. The summed E-state index contributed by atoms with van der Waals surface area (Å²) < 4.78 is 25.9. The van der Waals surface area contributed by atoms with Gasteiger partial charge >= 0.3 is 0 Å². The van der Waals surface area contributed by atoms with Gasteiger partial charge in [-0.05, 0) is 41.5 Å². The summed E-state index contributed by atoms with van der Waals surface area (Å²) >= 11 is 0. The zero-order valence-electron chi connectivity index (χ0n) is 21.4. The molecule has 184 valence electrons. The summed E-state index contributed by atoms with van der Waals surface area (Å²) in [4.78, 5) is 14.9. The second-order valence-electron chi connectivity index (χ2n) is 10.7. The minimum absolute atomic E-state index is 0.0401. The number of halogens is 1. The highest BCUT2D eigenvalue weighted by atomic mass is 19.1. The molecule has 0 atom stereocenters. The van der Waals surface area contributed by atoms with E-state index in [1.807, 2.05) is 41.5 Å². The van der Waals surface area contributed by atoms with Crippen LogP contribution in [0.4, 0.5) is 4.39 Å². The van der Waals surface area contributed by atoms with Gasteiger partial charge in [0.1, 0.15) is 11.6 Å². The second kappa shape index (κ2) is 8.93. The Morgan fingerprint density at radius 3 is 2.15 bits per heavy atom. The Morgan fingerprint density at radius 2 is 1.68 bits per heavy atom. The molecular weight excluding hydrogens is 435 g/mol. The number of nitrogens with one attached hydrogen (secondary N) is 1. The van der Waals surface area contributed by atoms with Crippen molar-refractivity contribution in [2.45, 2.75) is 65.8 Å². The third-order valence-electron chi connectivity index (χ3n) is 6.07. The van der Waals surface area contributed by atoms with E-state index in [4.69, 9.17) is 14.9 Å². The van der Waals surface area contributed by atoms with E-state index < -0.39 is 5.82 Å². The molecule has 0 radical (unpaired) electrons. The Kier molecular flexibility index (Phi) is 6.71. The lowest BCUT2D eigenvalue weighted by atomic mass is 9.78. The molecule has 0 spiro atoms. The molecule has 7 heteroatoms. The van der Waals surface area contributed by atoms with Gasteiger partial charge < -0.3 is 19.5 Å². The van der Waals surface area contributed by atoms with Crippen LogP contribution in [0.5, 0.6) is 17.2 Å². The molecular formula is C27H35FN2O4. The Balaban J connectivity index is 1.97. The molecule has 0 unspecified atom stereocenters. The van der Waals surface area contributed by atoms with Gasteiger partial charge in [-0.1, -0.05) is 41.5 Å². The minimum Gasteiger partial charge on any atom is -0.507 e. The first kappa shape index (κ1) is 25.5. The number of fused-ring (bicyclic) bond motifs is 1. The first-order chi connectivity index (χ1) is 15.7. The summed E-state index contributed by atoms with van der Waals surface area (Å²) in [5.41, 5.74) is 1.82. The van der Waals surface area contributed by atoms with Crippen LogP contribution in [0, 0.1) is 11.2 Å². The zero-order valence-corrected chi connectivity index (χ0v) is 21.4. The number of rotatable bonds is 6. The van der Waals surface area contributed by atoms with Crippen molar-refractivity contribution in [2.75, 3.05) is 20.3 Å². The largest absolute Gasteiger partial charge is 0.507 e. The highest BCUT2D eigenvalue weighted by molar-refractivity contribution is 6.06. The van der Waals surface area contributed by atoms with E-state index in [1.165, 1.54) is 7.11 Å². The molecule has 0 aromatic heterocycles. The van der Waals surface area contributed by atoms with Crippen molar-refractivity contribution in [3.63, 3.8) is 0 Å². The predicted octanol–water partition coefficient (Wildman–Crippen LogP) is 5.56. The number of carbonyl (C=O) groups excluding carboxylic acids is 1. The summed E-state index contributed by atoms with van der Waals surface area (Å²) in [5, 5.41) is 19.5. The minimum atomic E-state index is -0.655. The van der Waals surface area contributed by atoms with Crippen LogP contribution in [0.25, 0.3) is 0 Å². The molecule has 2 N–H and O–H groups in total. The van der Waals surface area contributed by atoms with Crippen molar-refractivity contribution in [3.8, 4) is 17.2 Å². The van der Waals surface area contributed by atoms with E-state index >= 15 is 4.39 Å². The average molecular weight is 471 g/mol. The van der Waals surface area contributed by atoms with Gasteiger partial charge in [0.05, 0.1) is 25.8 Å². The molecule has 1 aliphatic rings. The molecule has 3 rings (SSSR count). The van der Waals surface area contributed by atoms with Crippen LogP contribution in [-0.2, 0) is 17.4 Å². The smallest absolute Gasteiger partial charge is 0.197 e. The third kappa shape index (κ3) is 4.61. The van der Waals surface area contributed by atoms with Gasteiger partial charge in [0, 0.05) is 23.2 Å². The predicted molar refractivity (Wildman–Crippen MR) is 131 cm³/mol.